The van der Waals surface area contributed by atoms with E-state index in [1.165, 1.54) is 20.2 Å². The number of halogens is 1. The van der Waals surface area contributed by atoms with Crippen molar-refractivity contribution in [2.75, 3.05) is 13.1 Å². The van der Waals surface area contributed by atoms with Crippen molar-refractivity contribution >= 4 is 41.9 Å². The predicted octanol–water partition coefficient (Wildman–Crippen LogP) is 2.83. The Kier molecular flexibility index (Phi) is 5.59. The molecule has 23 heavy (non-hydrogen) atoms. The minimum atomic E-state index is -0.0647. The van der Waals surface area contributed by atoms with Gasteiger partial charge >= 0.3 is 0 Å². The van der Waals surface area contributed by atoms with Gasteiger partial charge in [-0.05, 0) is 31.6 Å². The molecule has 0 saturated carbocycles. The first-order valence-electron chi connectivity index (χ1n) is 7.42. The van der Waals surface area contributed by atoms with Crippen molar-refractivity contribution in [1.82, 2.24) is 9.80 Å². The number of rotatable bonds is 4. The van der Waals surface area contributed by atoms with E-state index in [1.807, 2.05) is 11.1 Å². The smallest absolute Gasteiger partial charge is 0.229 e. The normalized spacial score (nSPS) is 20.3. The zero-order chi connectivity index (χ0) is 15.7. The van der Waals surface area contributed by atoms with E-state index in [4.69, 9.17) is 0 Å². The maximum absolute atomic E-state index is 11.6. The Hall–Kier alpha value is -1.66. The van der Waals surface area contributed by atoms with Gasteiger partial charge in [-0.1, -0.05) is 0 Å². The molecule has 5 nitrogen and oxygen atoms in total. The quantitative estimate of drug-likeness (QED) is 0.782. The van der Waals surface area contributed by atoms with Crippen LogP contribution < -0.4 is 0 Å². The highest BCUT2D eigenvalue weighted by Gasteiger charge is 2.28. The van der Waals surface area contributed by atoms with E-state index in [1.54, 1.807) is 17.7 Å². The van der Waals surface area contributed by atoms with Crippen molar-refractivity contribution < 1.29 is 9.59 Å². The van der Waals surface area contributed by atoms with Crippen molar-refractivity contribution in [3.8, 4) is 0 Å². The van der Waals surface area contributed by atoms with Gasteiger partial charge in [-0.2, -0.15) is 0 Å². The number of thiophene rings is 1. The van der Waals surface area contributed by atoms with Gasteiger partial charge in [0, 0.05) is 41.9 Å². The summed E-state index contributed by atoms with van der Waals surface area (Å²) in [5, 5.41) is 0. The van der Waals surface area contributed by atoms with Gasteiger partial charge in [0.2, 0.25) is 11.8 Å². The summed E-state index contributed by atoms with van der Waals surface area (Å²) in [6.07, 6.45) is 6.53. The maximum Gasteiger partial charge on any atom is 0.229 e. The van der Waals surface area contributed by atoms with Crippen molar-refractivity contribution in [3.63, 3.8) is 0 Å². The fraction of sp³-hybridized carbons (Fsp3) is 0.438. The average molecular weight is 354 g/mol. The van der Waals surface area contributed by atoms with Crippen LogP contribution >= 0.6 is 23.7 Å². The summed E-state index contributed by atoms with van der Waals surface area (Å²) in [5.74, 6) is -0.129. The van der Waals surface area contributed by atoms with Crippen LogP contribution in [0.25, 0.3) is 0 Å². The SMILES string of the molecule is Cc1cc(C2C=CN(CCN3C(=O)CCC3=O)C=N2)c(C)s1.Cl. The van der Waals surface area contributed by atoms with Crippen LogP contribution in [0.5, 0.6) is 0 Å². The molecule has 0 bridgehead atoms. The van der Waals surface area contributed by atoms with Crippen molar-refractivity contribution in [2.45, 2.75) is 32.7 Å². The zero-order valence-corrected chi connectivity index (χ0v) is 14.8. The lowest BCUT2D eigenvalue weighted by Crippen LogP contribution is -2.36. The Labute approximate surface area is 146 Å². The number of hydrogen-bond donors (Lipinski definition) is 0. The highest BCUT2D eigenvalue weighted by Crippen LogP contribution is 2.30. The molecule has 2 aliphatic heterocycles. The lowest BCUT2D eigenvalue weighted by molar-refractivity contribution is -0.138. The van der Waals surface area contributed by atoms with E-state index in [-0.39, 0.29) is 30.3 Å². The molecule has 2 amide bonds. The highest BCUT2D eigenvalue weighted by molar-refractivity contribution is 7.12. The third-order valence-electron chi connectivity index (χ3n) is 3.97. The molecule has 1 atom stereocenters. The topological polar surface area (TPSA) is 53.0 Å². The molecule has 3 heterocycles. The van der Waals surface area contributed by atoms with Gasteiger partial charge in [0.15, 0.2) is 0 Å². The van der Waals surface area contributed by atoms with Crippen LogP contribution in [0.3, 0.4) is 0 Å². The third-order valence-corrected chi connectivity index (χ3v) is 4.95. The van der Waals surface area contributed by atoms with Crippen LogP contribution in [0, 0.1) is 13.8 Å². The summed E-state index contributed by atoms with van der Waals surface area (Å²) in [6.45, 7) is 5.24. The summed E-state index contributed by atoms with van der Waals surface area (Å²) in [6, 6.07) is 2.25. The van der Waals surface area contributed by atoms with Gasteiger partial charge in [0.1, 0.15) is 0 Å². The Morgan fingerprint density at radius 1 is 1.22 bits per heavy atom. The summed E-state index contributed by atoms with van der Waals surface area (Å²) in [5.41, 5.74) is 1.25. The average Bonchev–Trinajstić information content (AvgIpc) is 3.00. The van der Waals surface area contributed by atoms with Crippen LogP contribution in [0.4, 0.5) is 0 Å². The van der Waals surface area contributed by atoms with E-state index in [2.05, 4.69) is 31.0 Å². The number of likely N-dealkylation sites (tertiary alicyclic amines) is 1. The third kappa shape index (κ3) is 3.82. The molecule has 0 aliphatic carbocycles. The number of hydrogen-bond acceptors (Lipinski definition) is 5. The van der Waals surface area contributed by atoms with Crippen LogP contribution in [0.15, 0.2) is 23.3 Å². The molecule has 0 aromatic carbocycles. The number of carbonyl (C=O) groups excluding carboxylic acids is 2. The summed E-state index contributed by atoms with van der Waals surface area (Å²) in [7, 11) is 0. The number of amides is 2. The van der Waals surface area contributed by atoms with E-state index >= 15 is 0 Å². The van der Waals surface area contributed by atoms with Crippen LogP contribution in [0.2, 0.25) is 0 Å². The zero-order valence-electron chi connectivity index (χ0n) is 13.2. The minimum Gasteiger partial charge on any atom is -0.338 e. The lowest BCUT2D eigenvalue weighted by atomic mass is 10.1. The molecule has 124 valence electrons. The van der Waals surface area contributed by atoms with Crippen LogP contribution in [0.1, 0.15) is 34.2 Å². The fourth-order valence-corrected chi connectivity index (χ4v) is 3.75. The second kappa shape index (κ2) is 7.27. The molecule has 0 radical (unpaired) electrons. The number of aliphatic imine (C=N–C) groups is 1. The molecule has 3 rings (SSSR count). The van der Waals surface area contributed by atoms with Crippen LogP contribution in [-0.2, 0) is 9.59 Å². The molecule has 2 aliphatic rings. The molecule has 1 aromatic rings. The van der Waals surface area contributed by atoms with E-state index in [0.29, 0.717) is 25.9 Å². The van der Waals surface area contributed by atoms with Gasteiger partial charge in [0.05, 0.1) is 12.4 Å². The number of carbonyl (C=O) groups is 2. The largest absolute Gasteiger partial charge is 0.338 e. The molecule has 1 saturated heterocycles. The Bertz CT molecular complexity index is 638. The first-order chi connectivity index (χ1) is 10.5. The van der Waals surface area contributed by atoms with Gasteiger partial charge in [-0.25, -0.2) is 0 Å². The second-order valence-electron chi connectivity index (χ2n) is 5.60. The van der Waals surface area contributed by atoms with Gasteiger partial charge < -0.3 is 4.90 Å². The van der Waals surface area contributed by atoms with Gasteiger partial charge in [-0.15, -0.1) is 23.7 Å². The Morgan fingerprint density at radius 2 is 1.91 bits per heavy atom. The van der Waals surface area contributed by atoms with Gasteiger partial charge in [-0.3, -0.25) is 19.5 Å². The molecule has 1 aromatic heterocycles. The van der Waals surface area contributed by atoms with Crippen molar-refractivity contribution in [2.24, 2.45) is 4.99 Å². The standard InChI is InChI=1S/C16H19N3O2S.ClH/c1-11-9-13(12(2)22-11)14-5-6-18(10-17-14)7-8-19-15(20)3-4-16(19)21;/h5-6,9-10,14H,3-4,7-8H2,1-2H3;1H. The number of imide groups is 1. The molecule has 0 N–H and O–H groups in total. The monoisotopic (exact) mass is 353 g/mol. The number of nitrogens with zero attached hydrogens (tertiary/aromatic N) is 3. The highest BCUT2D eigenvalue weighted by atomic mass is 35.5. The predicted molar refractivity (Wildman–Crippen MR) is 94.1 cm³/mol. The van der Waals surface area contributed by atoms with Crippen molar-refractivity contribution in [3.05, 3.63) is 33.7 Å². The first-order valence-corrected chi connectivity index (χ1v) is 8.24. The summed E-state index contributed by atoms with van der Waals surface area (Å²) in [4.78, 5) is 33.6. The van der Waals surface area contributed by atoms with Gasteiger partial charge in [0.25, 0.3) is 0 Å². The van der Waals surface area contributed by atoms with E-state index in [9.17, 15) is 9.59 Å². The van der Waals surface area contributed by atoms with E-state index < -0.39 is 0 Å². The molecular formula is C16H20ClN3O2S. The maximum atomic E-state index is 11.6. The summed E-state index contributed by atoms with van der Waals surface area (Å²) >= 11 is 1.79. The van der Waals surface area contributed by atoms with E-state index in [0.717, 1.165) is 0 Å². The van der Waals surface area contributed by atoms with Crippen molar-refractivity contribution in [1.29, 1.82) is 0 Å². The fourth-order valence-electron chi connectivity index (χ4n) is 2.79. The molecule has 1 unspecified atom stereocenters. The minimum absolute atomic E-state index is 0. The molecule has 7 heteroatoms. The van der Waals surface area contributed by atoms with Crippen LogP contribution in [-0.4, -0.2) is 41.0 Å². The molecule has 1 fully saturated rings. The Morgan fingerprint density at radius 3 is 2.43 bits per heavy atom. The lowest BCUT2D eigenvalue weighted by Gasteiger charge is -2.23. The number of aryl methyl sites for hydroxylation is 2. The molecule has 0 spiro atoms. The second-order valence-corrected chi connectivity index (χ2v) is 7.06. The molecular weight excluding hydrogens is 334 g/mol. The summed E-state index contributed by atoms with van der Waals surface area (Å²) < 4.78 is 0. The Balaban J connectivity index is 0.00000192. The first kappa shape index (κ1) is 17.7.